The molecule has 0 N–H and O–H groups in total. The minimum atomic E-state index is -0.0617. The van der Waals surface area contributed by atoms with Gasteiger partial charge >= 0.3 is 7.12 Å². The molecule has 0 saturated carbocycles. The van der Waals surface area contributed by atoms with Crippen molar-refractivity contribution in [1.82, 2.24) is 0 Å². The van der Waals surface area contributed by atoms with Gasteiger partial charge in [0, 0.05) is 13.2 Å². The standard InChI is InChI=1S/C14H27BO2/c1-3-5-12-16-15(17-13-6-4-2)14-10-8-7-9-11-14/h10H,3-9,11-13H2,1-2H3. The van der Waals surface area contributed by atoms with Crippen molar-refractivity contribution in [3.8, 4) is 0 Å². The molecule has 0 spiro atoms. The molecular weight excluding hydrogens is 211 g/mol. The first-order valence-corrected chi connectivity index (χ1v) is 7.30. The molecule has 0 fully saturated rings. The monoisotopic (exact) mass is 238 g/mol. The Kier molecular flexibility index (Phi) is 8.46. The summed E-state index contributed by atoms with van der Waals surface area (Å²) < 4.78 is 11.8. The Labute approximate surface area is 107 Å². The van der Waals surface area contributed by atoms with Gasteiger partial charge < -0.3 is 9.31 Å². The lowest BCUT2D eigenvalue weighted by atomic mass is 9.72. The number of allylic oxidation sites excluding steroid dienone is 2. The zero-order valence-electron chi connectivity index (χ0n) is 11.5. The Morgan fingerprint density at radius 1 is 1.06 bits per heavy atom. The van der Waals surface area contributed by atoms with Gasteiger partial charge in [0.05, 0.1) is 0 Å². The van der Waals surface area contributed by atoms with Gasteiger partial charge in [0.1, 0.15) is 0 Å². The summed E-state index contributed by atoms with van der Waals surface area (Å²) in [7, 11) is -0.0617. The van der Waals surface area contributed by atoms with Gasteiger partial charge in [0.15, 0.2) is 0 Å². The summed E-state index contributed by atoms with van der Waals surface area (Å²) in [6, 6.07) is 0. The largest absolute Gasteiger partial charge is 0.489 e. The Hall–Kier alpha value is -0.275. The van der Waals surface area contributed by atoms with Crippen molar-refractivity contribution in [2.45, 2.75) is 65.2 Å². The summed E-state index contributed by atoms with van der Waals surface area (Å²) in [6.45, 7) is 6.03. The van der Waals surface area contributed by atoms with Gasteiger partial charge in [-0.25, -0.2) is 0 Å². The second-order valence-electron chi connectivity index (χ2n) is 4.81. The van der Waals surface area contributed by atoms with E-state index in [1.54, 1.807) is 0 Å². The lowest BCUT2D eigenvalue weighted by Crippen LogP contribution is -2.28. The first-order valence-electron chi connectivity index (χ1n) is 7.30. The van der Waals surface area contributed by atoms with Crippen LogP contribution in [0.3, 0.4) is 0 Å². The van der Waals surface area contributed by atoms with E-state index < -0.39 is 0 Å². The molecule has 0 radical (unpaired) electrons. The predicted octanol–water partition coefficient (Wildman–Crippen LogP) is 4.15. The molecule has 1 aliphatic rings. The maximum absolute atomic E-state index is 5.88. The van der Waals surface area contributed by atoms with Crippen molar-refractivity contribution in [2.75, 3.05) is 13.2 Å². The molecule has 17 heavy (non-hydrogen) atoms. The van der Waals surface area contributed by atoms with E-state index in [1.807, 2.05) is 0 Å². The third kappa shape index (κ3) is 6.28. The number of hydrogen-bond donors (Lipinski definition) is 0. The molecule has 0 aliphatic heterocycles. The van der Waals surface area contributed by atoms with Crippen molar-refractivity contribution in [2.24, 2.45) is 0 Å². The van der Waals surface area contributed by atoms with Gasteiger partial charge in [-0.1, -0.05) is 32.8 Å². The van der Waals surface area contributed by atoms with Gasteiger partial charge in [-0.05, 0) is 44.0 Å². The summed E-state index contributed by atoms with van der Waals surface area (Å²) in [6.07, 6.45) is 11.9. The Balaban J connectivity index is 2.36. The van der Waals surface area contributed by atoms with E-state index in [2.05, 4.69) is 19.9 Å². The van der Waals surface area contributed by atoms with E-state index in [9.17, 15) is 0 Å². The van der Waals surface area contributed by atoms with Crippen LogP contribution in [-0.2, 0) is 9.31 Å². The molecule has 1 aliphatic carbocycles. The van der Waals surface area contributed by atoms with Crippen LogP contribution >= 0.6 is 0 Å². The number of unbranched alkanes of at least 4 members (excludes halogenated alkanes) is 2. The average molecular weight is 238 g/mol. The average Bonchev–Trinajstić information content (AvgIpc) is 2.38. The Morgan fingerprint density at radius 2 is 1.71 bits per heavy atom. The van der Waals surface area contributed by atoms with E-state index in [-0.39, 0.29) is 7.12 Å². The highest BCUT2D eigenvalue weighted by Gasteiger charge is 2.24. The fourth-order valence-corrected chi connectivity index (χ4v) is 2.01. The topological polar surface area (TPSA) is 18.5 Å². The Bertz CT molecular complexity index is 206. The summed E-state index contributed by atoms with van der Waals surface area (Å²) in [5.41, 5.74) is 1.38. The summed E-state index contributed by atoms with van der Waals surface area (Å²) in [4.78, 5) is 0. The highest BCUT2D eigenvalue weighted by atomic mass is 16.6. The van der Waals surface area contributed by atoms with Crippen LogP contribution in [0.15, 0.2) is 11.5 Å². The van der Waals surface area contributed by atoms with Crippen LogP contribution in [-0.4, -0.2) is 20.3 Å². The second-order valence-corrected chi connectivity index (χ2v) is 4.81. The van der Waals surface area contributed by atoms with Crippen LogP contribution < -0.4 is 0 Å². The predicted molar refractivity (Wildman–Crippen MR) is 74.0 cm³/mol. The minimum Gasteiger partial charge on any atom is -0.407 e. The highest BCUT2D eigenvalue weighted by molar-refractivity contribution is 6.53. The van der Waals surface area contributed by atoms with E-state index in [1.165, 1.54) is 37.6 Å². The van der Waals surface area contributed by atoms with Crippen LogP contribution in [0.2, 0.25) is 0 Å². The Morgan fingerprint density at radius 3 is 2.18 bits per heavy atom. The van der Waals surface area contributed by atoms with Crippen LogP contribution in [0, 0.1) is 0 Å². The van der Waals surface area contributed by atoms with Crippen LogP contribution in [0.25, 0.3) is 0 Å². The fourth-order valence-electron chi connectivity index (χ4n) is 2.01. The van der Waals surface area contributed by atoms with Crippen molar-refractivity contribution < 1.29 is 9.31 Å². The van der Waals surface area contributed by atoms with Crippen molar-refractivity contribution in [1.29, 1.82) is 0 Å². The van der Waals surface area contributed by atoms with Crippen LogP contribution in [0.5, 0.6) is 0 Å². The minimum absolute atomic E-state index is 0.0617. The molecule has 3 heteroatoms. The maximum atomic E-state index is 5.88. The molecular formula is C14H27BO2. The second kappa shape index (κ2) is 9.72. The van der Waals surface area contributed by atoms with Gasteiger partial charge in [-0.2, -0.15) is 0 Å². The lowest BCUT2D eigenvalue weighted by molar-refractivity contribution is 0.197. The first kappa shape index (κ1) is 14.8. The SMILES string of the molecule is CCCCOB(OCCCC)C1=CCCCC1. The molecule has 1 rings (SSSR count). The van der Waals surface area contributed by atoms with Crippen molar-refractivity contribution in [3.05, 3.63) is 11.5 Å². The number of hydrogen-bond acceptors (Lipinski definition) is 2. The fraction of sp³-hybridized carbons (Fsp3) is 0.857. The third-order valence-electron chi connectivity index (χ3n) is 3.16. The van der Waals surface area contributed by atoms with E-state index >= 15 is 0 Å². The molecule has 98 valence electrons. The van der Waals surface area contributed by atoms with E-state index in [4.69, 9.17) is 9.31 Å². The zero-order valence-corrected chi connectivity index (χ0v) is 11.5. The highest BCUT2D eigenvalue weighted by Crippen LogP contribution is 2.21. The summed E-state index contributed by atoms with van der Waals surface area (Å²) in [5.74, 6) is 0. The normalized spacial score (nSPS) is 15.8. The van der Waals surface area contributed by atoms with Gasteiger partial charge in [0.2, 0.25) is 0 Å². The molecule has 0 atom stereocenters. The molecule has 0 amide bonds. The maximum Gasteiger partial charge on any atom is 0.489 e. The molecule has 0 heterocycles. The van der Waals surface area contributed by atoms with E-state index in [0.717, 1.165) is 32.5 Å². The van der Waals surface area contributed by atoms with Gasteiger partial charge in [-0.3, -0.25) is 0 Å². The van der Waals surface area contributed by atoms with Crippen LogP contribution in [0.1, 0.15) is 65.2 Å². The van der Waals surface area contributed by atoms with E-state index in [0.29, 0.717) is 0 Å². The summed E-state index contributed by atoms with van der Waals surface area (Å²) >= 11 is 0. The van der Waals surface area contributed by atoms with Gasteiger partial charge in [-0.15, -0.1) is 0 Å². The van der Waals surface area contributed by atoms with Crippen molar-refractivity contribution >= 4 is 7.12 Å². The molecule has 2 nitrogen and oxygen atoms in total. The molecule has 0 bridgehead atoms. The molecule has 0 aromatic rings. The van der Waals surface area contributed by atoms with Crippen molar-refractivity contribution in [3.63, 3.8) is 0 Å². The third-order valence-corrected chi connectivity index (χ3v) is 3.16. The molecule has 0 unspecified atom stereocenters. The number of rotatable bonds is 9. The lowest BCUT2D eigenvalue weighted by Gasteiger charge is -2.20. The molecule has 0 aromatic carbocycles. The first-order chi connectivity index (χ1) is 8.38. The molecule has 0 aromatic heterocycles. The van der Waals surface area contributed by atoms with Gasteiger partial charge in [0.25, 0.3) is 0 Å². The smallest absolute Gasteiger partial charge is 0.407 e. The summed E-state index contributed by atoms with van der Waals surface area (Å²) in [5, 5.41) is 0. The molecule has 0 saturated heterocycles. The quantitative estimate of drug-likeness (QED) is 0.443. The zero-order chi connectivity index (χ0) is 12.3. The van der Waals surface area contributed by atoms with Crippen LogP contribution in [0.4, 0.5) is 0 Å².